The fourth-order valence-electron chi connectivity index (χ4n) is 2.92. The molecule has 0 aliphatic carbocycles. The molecule has 4 amide bonds. The average molecular weight is 511 g/mol. The third-order valence-corrected chi connectivity index (χ3v) is 4.85. The van der Waals surface area contributed by atoms with E-state index in [4.69, 9.17) is 16.6 Å². The molecule has 1 rings (SSSR count). The Hall–Kier alpha value is -4.24. The van der Waals surface area contributed by atoms with Gasteiger partial charge >= 0.3 is 11.9 Å². The molecule has 36 heavy (non-hydrogen) atoms. The van der Waals surface area contributed by atoms with Crippen LogP contribution in [0.15, 0.2) is 24.3 Å². The Balaban J connectivity index is 2.91. The molecule has 4 unspecified atom stereocenters. The summed E-state index contributed by atoms with van der Waals surface area (Å²) in [4.78, 5) is 70.9. The molecule has 1 aromatic carbocycles. The molecule has 15 nitrogen and oxygen atoms in total. The number of carbonyl (C=O) groups excluding carboxylic acids is 4. The lowest BCUT2D eigenvalue weighted by atomic mass is 10.0. The predicted molar refractivity (Wildman–Crippen MR) is 121 cm³/mol. The maximum Gasteiger partial charge on any atom is 0.326 e. The molecule has 0 aliphatic heterocycles. The molecule has 11 N–H and O–H groups in total. The second-order valence-corrected chi connectivity index (χ2v) is 7.78. The van der Waals surface area contributed by atoms with E-state index < -0.39 is 72.8 Å². The second kappa shape index (κ2) is 14.2. The van der Waals surface area contributed by atoms with Crippen LogP contribution in [0.5, 0.6) is 5.75 Å². The van der Waals surface area contributed by atoms with Gasteiger partial charge in [0.2, 0.25) is 23.6 Å². The summed E-state index contributed by atoms with van der Waals surface area (Å²) in [5.74, 6) is -6.74. The van der Waals surface area contributed by atoms with Crippen LogP contribution in [0.25, 0.3) is 0 Å². The fraction of sp³-hybridized carbons (Fsp3) is 0.429. The number of primary amides is 1. The number of carbonyl (C=O) groups is 6. The van der Waals surface area contributed by atoms with Crippen molar-refractivity contribution in [1.82, 2.24) is 16.0 Å². The van der Waals surface area contributed by atoms with E-state index in [2.05, 4.69) is 16.0 Å². The first-order valence-electron chi connectivity index (χ1n) is 10.6. The van der Waals surface area contributed by atoms with Crippen molar-refractivity contribution in [2.24, 2.45) is 11.5 Å². The van der Waals surface area contributed by atoms with Crippen molar-refractivity contribution in [3.8, 4) is 5.75 Å². The number of rotatable bonds is 15. The molecule has 0 radical (unpaired) electrons. The molecule has 0 saturated carbocycles. The summed E-state index contributed by atoms with van der Waals surface area (Å²) in [6.45, 7) is -0.946. The molecule has 0 fully saturated rings. The maximum absolute atomic E-state index is 12.7. The smallest absolute Gasteiger partial charge is 0.326 e. The lowest BCUT2D eigenvalue weighted by molar-refractivity contribution is -0.142. The van der Waals surface area contributed by atoms with Crippen LogP contribution in [-0.4, -0.2) is 86.8 Å². The van der Waals surface area contributed by atoms with Gasteiger partial charge in [-0.15, -0.1) is 0 Å². The quantitative estimate of drug-likeness (QED) is 0.112. The molecular formula is C21H29N5O10. The summed E-state index contributed by atoms with van der Waals surface area (Å²) in [5, 5.41) is 43.6. The Morgan fingerprint density at radius 1 is 0.833 bits per heavy atom. The van der Waals surface area contributed by atoms with E-state index >= 15 is 0 Å². The highest BCUT2D eigenvalue weighted by Gasteiger charge is 2.30. The molecule has 198 valence electrons. The summed E-state index contributed by atoms with van der Waals surface area (Å²) in [5.41, 5.74) is 11.0. The molecule has 15 heteroatoms. The van der Waals surface area contributed by atoms with E-state index in [1.54, 1.807) is 0 Å². The van der Waals surface area contributed by atoms with Crippen LogP contribution >= 0.6 is 0 Å². The van der Waals surface area contributed by atoms with Gasteiger partial charge < -0.3 is 47.8 Å². The Morgan fingerprint density at radius 3 is 1.86 bits per heavy atom. The summed E-state index contributed by atoms with van der Waals surface area (Å²) in [6, 6.07) is -0.523. The van der Waals surface area contributed by atoms with Crippen molar-refractivity contribution >= 4 is 35.6 Å². The lowest BCUT2D eigenvalue weighted by Gasteiger charge is -2.24. The highest BCUT2D eigenvalue weighted by Crippen LogP contribution is 2.11. The minimum absolute atomic E-state index is 0.0420. The first-order chi connectivity index (χ1) is 16.8. The molecule has 4 atom stereocenters. The third-order valence-electron chi connectivity index (χ3n) is 4.85. The van der Waals surface area contributed by atoms with Crippen LogP contribution in [0.4, 0.5) is 0 Å². The number of carboxylic acids is 2. The molecule has 0 heterocycles. The van der Waals surface area contributed by atoms with Crippen LogP contribution in [-0.2, 0) is 35.2 Å². The SMILES string of the molecule is NC(=O)CCC(NC(=O)C(N)CC(=O)O)C(=O)NC(CO)C(=O)NC(Cc1ccc(O)cc1)C(=O)O. The molecule has 0 aliphatic rings. The van der Waals surface area contributed by atoms with Crippen molar-refractivity contribution in [3.63, 3.8) is 0 Å². The van der Waals surface area contributed by atoms with Gasteiger partial charge in [0.05, 0.1) is 19.1 Å². The number of carboxylic acid groups (broad SMARTS) is 2. The van der Waals surface area contributed by atoms with Crippen molar-refractivity contribution in [3.05, 3.63) is 29.8 Å². The van der Waals surface area contributed by atoms with E-state index in [9.17, 15) is 44.1 Å². The number of aliphatic hydroxyl groups is 1. The number of aliphatic carboxylic acids is 2. The topological polar surface area (TPSA) is 271 Å². The van der Waals surface area contributed by atoms with Crippen LogP contribution in [0.3, 0.4) is 0 Å². The van der Waals surface area contributed by atoms with Gasteiger partial charge in [0.1, 0.15) is 23.9 Å². The van der Waals surface area contributed by atoms with Gasteiger partial charge in [-0.05, 0) is 24.1 Å². The minimum atomic E-state index is -1.64. The minimum Gasteiger partial charge on any atom is -0.508 e. The number of amides is 4. The number of phenolic OH excluding ortho intramolecular Hbond substituents is 1. The van der Waals surface area contributed by atoms with E-state index in [0.29, 0.717) is 5.56 Å². The summed E-state index contributed by atoms with van der Waals surface area (Å²) >= 11 is 0. The molecule has 0 spiro atoms. The fourth-order valence-corrected chi connectivity index (χ4v) is 2.92. The van der Waals surface area contributed by atoms with Crippen LogP contribution in [0.1, 0.15) is 24.8 Å². The van der Waals surface area contributed by atoms with E-state index in [0.717, 1.165) is 0 Å². The van der Waals surface area contributed by atoms with E-state index in [1.807, 2.05) is 0 Å². The molecule has 0 bridgehead atoms. The number of nitrogens with two attached hydrogens (primary N) is 2. The van der Waals surface area contributed by atoms with Crippen LogP contribution in [0, 0.1) is 0 Å². The number of phenols is 1. The highest BCUT2D eigenvalue weighted by molar-refractivity contribution is 5.95. The maximum atomic E-state index is 12.7. The zero-order valence-electron chi connectivity index (χ0n) is 19.0. The summed E-state index contributed by atoms with van der Waals surface area (Å²) in [6.07, 6.45) is -1.61. The average Bonchev–Trinajstić information content (AvgIpc) is 2.79. The first kappa shape index (κ1) is 29.8. The third kappa shape index (κ3) is 10.4. The number of hydrogen-bond donors (Lipinski definition) is 9. The molecular weight excluding hydrogens is 482 g/mol. The number of benzene rings is 1. The van der Waals surface area contributed by atoms with Crippen molar-refractivity contribution in [2.75, 3.05) is 6.61 Å². The molecule has 0 aromatic heterocycles. The second-order valence-electron chi connectivity index (χ2n) is 7.78. The predicted octanol–water partition coefficient (Wildman–Crippen LogP) is -3.47. The van der Waals surface area contributed by atoms with Crippen LogP contribution < -0.4 is 27.4 Å². The van der Waals surface area contributed by atoms with Crippen molar-refractivity contribution in [2.45, 2.75) is 49.9 Å². The van der Waals surface area contributed by atoms with Gasteiger partial charge in [-0.25, -0.2) is 4.79 Å². The van der Waals surface area contributed by atoms with Crippen LogP contribution in [0.2, 0.25) is 0 Å². The number of aliphatic hydroxyl groups excluding tert-OH is 1. The van der Waals surface area contributed by atoms with Gasteiger partial charge in [0, 0.05) is 12.8 Å². The first-order valence-corrected chi connectivity index (χ1v) is 10.6. The normalized spacial score (nSPS) is 13.9. The van der Waals surface area contributed by atoms with E-state index in [-0.39, 0.29) is 25.0 Å². The zero-order valence-corrected chi connectivity index (χ0v) is 19.0. The Kier molecular flexibility index (Phi) is 11.8. The summed E-state index contributed by atoms with van der Waals surface area (Å²) < 4.78 is 0. The number of hydrogen-bond acceptors (Lipinski definition) is 9. The van der Waals surface area contributed by atoms with Crippen molar-refractivity contribution in [1.29, 1.82) is 0 Å². The largest absolute Gasteiger partial charge is 0.508 e. The molecule has 1 aromatic rings. The number of nitrogens with one attached hydrogen (secondary N) is 3. The Morgan fingerprint density at radius 2 is 1.36 bits per heavy atom. The van der Waals surface area contributed by atoms with Gasteiger partial charge in [-0.2, -0.15) is 0 Å². The summed E-state index contributed by atoms with van der Waals surface area (Å²) in [7, 11) is 0. The Labute approximate surface area is 204 Å². The van der Waals surface area contributed by atoms with Gasteiger partial charge in [-0.1, -0.05) is 12.1 Å². The number of aromatic hydroxyl groups is 1. The molecule has 0 saturated heterocycles. The van der Waals surface area contributed by atoms with E-state index in [1.165, 1.54) is 24.3 Å². The van der Waals surface area contributed by atoms with Gasteiger partial charge in [0.25, 0.3) is 0 Å². The van der Waals surface area contributed by atoms with Gasteiger partial charge in [-0.3, -0.25) is 24.0 Å². The Bertz CT molecular complexity index is 968. The highest BCUT2D eigenvalue weighted by atomic mass is 16.4. The monoisotopic (exact) mass is 511 g/mol. The lowest BCUT2D eigenvalue weighted by Crippen LogP contribution is -2.58. The van der Waals surface area contributed by atoms with Gasteiger partial charge in [0.15, 0.2) is 0 Å². The standard InChI is InChI=1S/C21H29N5O10/c22-12(8-17(30)31)18(32)24-13(5-6-16(23)29)19(33)26-15(9-27)20(34)25-14(21(35)36)7-10-1-3-11(28)4-2-10/h1-4,12-15,27-28H,5-9,22H2,(H2,23,29)(H,24,32)(H,25,34)(H,26,33)(H,30,31)(H,35,36). The van der Waals surface area contributed by atoms with Crippen molar-refractivity contribution < 1.29 is 49.2 Å². The zero-order chi connectivity index (χ0) is 27.4.